The summed E-state index contributed by atoms with van der Waals surface area (Å²) in [6, 6.07) is 10.5. The van der Waals surface area contributed by atoms with Crippen LogP contribution in [0.15, 0.2) is 36.4 Å². The summed E-state index contributed by atoms with van der Waals surface area (Å²) < 4.78 is 12.9. The maximum Gasteiger partial charge on any atom is 0.336 e. The molecule has 2 bridgehead atoms. The Kier molecular flexibility index (Phi) is 5.56. The number of phenolic OH excluding ortho intramolecular Hbond substituents is 1. The summed E-state index contributed by atoms with van der Waals surface area (Å²) in [5.41, 5.74) is 1.91. The minimum atomic E-state index is -1.13. The van der Waals surface area contributed by atoms with Crippen LogP contribution in [0.2, 0.25) is 0 Å². The highest BCUT2D eigenvalue weighted by atomic mass is 16.5. The zero-order chi connectivity index (χ0) is 27.1. The van der Waals surface area contributed by atoms with Crippen LogP contribution in [-0.4, -0.2) is 72.0 Å². The van der Waals surface area contributed by atoms with E-state index in [4.69, 9.17) is 9.47 Å². The molecular weight excluding hydrogens is 496 g/mol. The largest absolute Gasteiger partial charge is 0.504 e. The lowest BCUT2D eigenvalue weighted by Gasteiger charge is -2.63. The number of amides is 1. The fourth-order valence-electron chi connectivity index (χ4n) is 8.54. The molecule has 0 aromatic heterocycles. The van der Waals surface area contributed by atoms with Crippen LogP contribution < -0.4 is 10.1 Å². The topological polar surface area (TPSA) is 108 Å². The fraction of sp³-hybridized carbons (Fsp3) is 0.548. The molecule has 0 radical (unpaired) electrons. The van der Waals surface area contributed by atoms with E-state index in [0.717, 1.165) is 38.3 Å². The van der Waals surface area contributed by atoms with E-state index in [2.05, 4.69) is 23.2 Å². The molecule has 2 aromatic carbocycles. The molecule has 6 atom stereocenters. The Morgan fingerprint density at radius 2 is 1.95 bits per heavy atom. The van der Waals surface area contributed by atoms with Crippen molar-refractivity contribution in [2.45, 2.75) is 62.7 Å². The van der Waals surface area contributed by atoms with E-state index in [1.54, 1.807) is 31.4 Å². The first-order chi connectivity index (χ1) is 18.8. The van der Waals surface area contributed by atoms with Crippen LogP contribution in [0.4, 0.5) is 0 Å². The predicted octanol–water partition coefficient (Wildman–Crippen LogP) is 3.60. The van der Waals surface area contributed by atoms with Crippen LogP contribution >= 0.6 is 0 Å². The van der Waals surface area contributed by atoms with Crippen molar-refractivity contribution in [2.24, 2.45) is 17.3 Å². The molecule has 2 heterocycles. The average molecular weight is 533 g/mol. The van der Waals surface area contributed by atoms with E-state index < -0.39 is 17.3 Å². The third kappa shape index (κ3) is 3.57. The third-order valence-corrected chi connectivity index (χ3v) is 10.4. The second-order valence-electron chi connectivity index (χ2n) is 12.6. The van der Waals surface area contributed by atoms with Crippen LogP contribution in [-0.2, 0) is 16.6 Å². The molecule has 3 N–H and O–H groups in total. The minimum Gasteiger partial charge on any atom is -0.504 e. The molecular formula is C31H36N2O6. The average Bonchev–Trinajstić information content (AvgIpc) is 3.68. The number of benzene rings is 2. The number of hydrogen-bond donors (Lipinski definition) is 3. The number of likely N-dealkylation sites (tertiary alicyclic amines) is 1. The van der Waals surface area contributed by atoms with Crippen molar-refractivity contribution in [3.63, 3.8) is 0 Å². The molecule has 2 saturated carbocycles. The number of aromatic carboxylic acids is 1. The van der Waals surface area contributed by atoms with Gasteiger partial charge >= 0.3 is 5.97 Å². The Balaban J connectivity index is 1.25. The van der Waals surface area contributed by atoms with Crippen LogP contribution in [0.5, 0.6) is 11.5 Å². The summed E-state index contributed by atoms with van der Waals surface area (Å²) in [5, 5.41) is 23.5. The van der Waals surface area contributed by atoms with Gasteiger partial charge in [0.15, 0.2) is 11.5 Å². The second kappa shape index (κ2) is 8.70. The van der Waals surface area contributed by atoms with E-state index in [1.165, 1.54) is 30.0 Å². The number of methoxy groups -OCH3 is 1. The lowest BCUT2D eigenvalue weighted by atomic mass is 9.47. The number of carboxylic acids is 1. The molecule has 8 heteroatoms. The summed E-state index contributed by atoms with van der Waals surface area (Å²) in [7, 11) is 1.71. The van der Waals surface area contributed by atoms with Gasteiger partial charge in [-0.05, 0) is 74.2 Å². The number of ether oxygens (including phenoxy) is 2. The number of aromatic hydroxyl groups is 1. The van der Waals surface area contributed by atoms with Gasteiger partial charge in [0, 0.05) is 42.6 Å². The number of nitrogens with zero attached hydrogens (tertiary/aromatic N) is 1. The van der Waals surface area contributed by atoms with Crippen molar-refractivity contribution in [3.8, 4) is 11.5 Å². The van der Waals surface area contributed by atoms with Crippen molar-refractivity contribution < 1.29 is 29.3 Å². The highest BCUT2D eigenvalue weighted by Gasteiger charge is 2.70. The molecule has 3 aliphatic carbocycles. The van der Waals surface area contributed by atoms with Gasteiger partial charge in [-0.1, -0.05) is 25.1 Å². The van der Waals surface area contributed by atoms with E-state index >= 15 is 0 Å². The third-order valence-electron chi connectivity index (χ3n) is 10.4. The van der Waals surface area contributed by atoms with Crippen molar-refractivity contribution in [2.75, 3.05) is 26.7 Å². The Morgan fingerprint density at radius 3 is 2.67 bits per heavy atom. The fourth-order valence-corrected chi connectivity index (χ4v) is 8.54. The van der Waals surface area contributed by atoms with Crippen LogP contribution in [0.1, 0.15) is 64.4 Å². The van der Waals surface area contributed by atoms with Gasteiger partial charge in [-0.3, -0.25) is 9.69 Å². The van der Waals surface area contributed by atoms with Gasteiger partial charge in [-0.25, -0.2) is 4.79 Å². The smallest absolute Gasteiger partial charge is 0.336 e. The summed E-state index contributed by atoms with van der Waals surface area (Å²) in [4.78, 5) is 27.7. The van der Waals surface area contributed by atoms with E-state index in [9.17, 15) is 19.8 Å². The Morgan fingerprint density at radius 1 is 1.18 bits per heavy atom. The number of nitrogens with one attached hydrogen (secondary N) is 1. The number of carboxylic acid groups (broad SMARTS) is 1. The highest BCUT2D eigenvalue weighted by molar-refractivity contribution is 6.04. The Hall–Kier alpha value is -3.10. The van der Waals surface area contributed by atoms with Crippen LogP contribution in [0.25, 0.3) is 0 Å². The monoisotopic (exact) mass is 532 g/mol. The van der Waals surface area contributed by atoms with Gasteiger partial charge in [-0.2, -0.15) is 0 Å². The van der Waals surface area contributed by atoms with Gasteiger partial charge in [0.1, 0.15) is 12.2 Å². The molecule has 2 aliphatic heterocycles. The van der Waals surface area contributed by atoms with Gasteiger partial charge < -0.3 is 25.0 Å². The molecule has 2 aromatic rings. The molecule has 1 spiro atoms. The van der Waals surface area contributed by atoms with Gasteiger partial charge in [-0.15, -0.1) is 0 Å². The Labute approximate surface area is 228 Å². The minimum absolute atomic E-state index is 0.0128. The molecule has 3 unspecified atom stereocenters. The second-order valence-corrected chi connectivity index (χ2v) is 12.6. The molecule has 7 rings (SSSR count). The number of rotatable bonds is 7. The maximum absolute atomic E-state index is 13.2. The number of hydrogen-bond acceptors (Lipinski definition) is 6. The highest BCUT2D eigenvalue weighted by Crippen LogP contribution is 2.66. The van der Waals surface area contributed by atoms with Crippen molar-refractivity contribution in [1.29, 1.82) is 0 Å². The first kappa shape index (κ1) is 24.9. The molecule has 206 valence electrons. The van der Waals surface area contributed by atoms with Crippen molar-refractivity contribution in [1.82, 2.24) is 10.2 Å². The SMILES string of the molecule is COC1[C@@H]2Oc3c(O)ccc4c3C23CCN(CC2CC2)[C@H](C4)C3C[C@@]1(C)CNC(=O)c1ccccc1C(=O)O. The van der Waals surface area contributed by atoms with Gasteiger partial charge in [0.25, 0.3) is 5.91 Å². The molecule has 1 amide bonds. The van der Waals surface area contributed by atoms with Gasteiger partial charge in [0.2, 0.25) is 0 Å². The Bertz CT molecular complexity index is 1360. The number of piperidine rings is 1. The lowest BCUT2D eigenvalue weighted by Crippen LogP contribution is -2.71. The zero-order valence-electron chi connectivity index (χ0n) is 22.5. The quantitative estimate of drug-likeness (QED) is 0.500. The standard InChI is InChI=1S/C31H36N2O6/c1-30(16-32-28(35)19-5-3-4-6-20(19)29(36)37)14-21-22-13-18-9-10-23(34)25-24(18)31(21,27(39-25)26(30)38-2)11-12-33(22)15-17-7-8-17/h3-6,9-10,17,21-22,26-27,34H,7-8,11-16H2,1-2H3,(H,32,35)(H,36,37)/t21?,22-,26?,27+,30+,31?/m1/s1. The van der Waals surface area contributed by atoms with E-state index in [-0.39, 0.29) is 34.5 Å². The first-order valence-electron chi connectivity index (χ1n) is 14.2. The van der Waals surface area contributed by atoms with Crippen molar-refractivity contribution >= 4 is 11.9 Å². The summed E-state index contributed by atoms with van der Waals surface area (Å²) >= 11 is 0. The first-order valence-corrected chi connectivity index (χ1v) is 14.2. The van der Waals surface area contributed by atoms with Crippen LogP contribution in [0.3, 0.4) is 0 Å². The lowest BCUT2D eigenvalue weighted by molar-refractivity contribution is -0.171. The number of carbonyl (C=O) groups is 2. The molecule has 3 fully saturated rings. The number of phenols is 1. The molecule has 5 aliphatic rings. The van der Waals surface area contributed by atoms with Gasteiger partial charge in [0.05, 0.1) is 11.1 Å². The number of carbonyl (C=O) groups excluding carboxylic acids is 1. The van der Waals surface area contributed by atoms with Crippen LogP contribution in [0, 0.1) is 17.3 Å². The zero-order valence-corrected chi connectivity index (χ0v) is 22.5. The summed E-state index contributed by atoms with van der Waals surface area (Å²) in [6.07, 6.45) is 4.76. The predicted molar refractivity (Wildman–Crippen MR) is 143 cm³/mol. The summed E-state index contributed by atoms with van der Waals surface area (Å²) in [5.74, 6) is 0.360. The van der Waals surface area contributed by atoms with Crippen molar-refractivity contribution in [3.05, 3.63) is 58.7 Å². The summed E-state index contributed by atoms with van der Waals surface area (Å²) in [6.45, 7) is 4.63. The molecule has 39 heavy (non-hydrogen) atoms. The van der Waals surface area contributed by atoms with E-state index in [0.29, 0.717) is 24.3 Å². The molecule has 8 nitrogen and oxygen atoms in total. The van der Waals surface area contributed by atoms with E-state index in [1.807, 2.05) is 0 Å². The molecule has 1 saturated heterocycles. The normalized spacial score (nSPS) is 34.2. The maximum atomic E-state index is 13.2.